The minimum Gasteiger partial charge on any atom is -0.344 e. The van der Waals surface area contributed by atoms with Crippen LogP contribution in [0.3, 0.4) is 0 Å². The number of hydrogen-bond acceptors (Lipinski definition) is 12. The minimum atomic E-state index is -2.58. The standard InChI is InChI=1S/C19H26ClN5S.C19H23F4N5S/c20-17-6-4-16(5-7-17)8-11-23-12-14-25(15-13-23)19-21-18(22-26-19)24-9-2-1-3-10-24;20-15-2-1-14(13-16(15)21)3-6-26-9-11-28(12-10-26)18-24-17(25-29-18)27-7-4-19(22,23)5-8-27/h4-7H,1-3,8-15H2;1-2,13H,3-12H2. The molecule has 4 aliphatic rings. The number of alkyl halides is 2. The van der Waals surface area contributed by atoms with Crippen LogP contribution in [-0.4, -0.2) is 126 Å². The zero-order valence-corrected chi connectivity index (χ0v) is 33.5. The Bertz CT molecular complexity index is 1780. The van der Waals surface area contributed by atoms with Gasteiger partial charge in [0.1, 0.15) is 0 Å². The predicted octanol–water partition coefficient (Wildman–Crippen LogP) is 6.96. The average molecular weight is 821 g/mol. The summed E-state index contributed by atoms with van der Waals surface area (Å²) in [4.78, 5) is 22.9. The molecule has 4 aromatic rings. The molecule has 0 bridgehead atoms. The van der Waals surface area contributed by atoms with Crippen molar-refractivity contribution in [3.63, 3.8) is 0 Å². The first-order valence-electron chi connectivity index (χ1n) is 19.4. The number of anilines is 4. The Morgan fingerprint density at radius 3 is 1.58 bits per heavy atom. The highest BCUT2D eigenvalue weighted by atomic mass is 35.5. The molecular formula is C38H49ClF4N10S2. The second-order valence-electron chi connectivity index (χ2n) is 14.7. The molecule has 4 aliphatic heterocycles. The Balaban J connectivity index is 0.000000170. The summed E-state index contributed by atoms with van der Waals surface area (Å²) in [7, 11) is 0. The molecule has 0 radical (unpaired) electrons. The normalized spacial score (nSPS) is 19.7. The van der Waals surface area contributed by atoms with Gasteiger partial charge in [0.2, 0.25) is 22.2 Å². The third kappa shape index (κ3) is 11.2. The summed E-state index contributed by atoms with van der Waals surface area (Å²) >= 11 is 8.82. The molecule has 0 atom stereocenters. The molecule has 2 aromatic carbocycles. The number of aromatic nitrogens is 4. The maximum atomic E-state index is 13.3. The topological polar surface area (TPSA) is 71.0 Å². The molecule has 0 saturated carbocycles. The van der Waals surface area contributed by atoms with Crippen molar-refractivity contribution in [2.75, 3.05) is 111 Å². The van der Waals surface area contributed by atoms with Crippen LogP contribution in [0.4, 0.5) is 39.7 Å². The van der Waals surface area contributed by atoms with Crippen LogP contribution in [0.25, 0.3) is 0 Å². The average Bonchev–Trinajstić information content (AvgIpc) is 3.91. The first kappa shape index (κ1) is 39.9. The molecule has 6 heterocycles. The highest BCUT2D eigenvalue weighted by Gasteiger charge is 2.35. The van der Waals surface area contributed by atoms with Crippen molar-refractivity contribution in [2.24, 2.45) is 0 Å². The van der Waals surface area contributed by atoms with Gasteiger partial charge in [-0.25, -0.2) is 17.6 Å². The van der Waals surface area contributed by atoms with E-state index < -0.39 is 17.6 Å². The smallest absolute Gasteiger partial charge is 0.251 e. The van der Waals surface area contributed by atoms with Crippen molar-refractivity contribution in [3.05, 3.63) is 70.2 Å². The molecule has 17 heteroatoms. The lowest BCUT2D eigenvalue weighted by Crippen LogP contribution is -2.47. The molecular weight excluding hydrogens is 772 g/mol. The van der Waals surface area contributed by atoms with E-state index in [1.807, 2.05) is 17.0 Å². The fraction of sp³-hybridized carbons (Fsp3) is 0.579. The molecule has 4 fully saturated rings. The van der Waals surface area contributed by atoms with Gasteiger partial charge in [0.25, 0.3) is 5.92 Å². The summed E-state index contributed by atoms with van der Waals surface area (Å²) in [6.45, 7) is 12.2. The summed E-state index contributed by atoms with van der Waals surface area (Å²) < 4.78 is 61.9. The maximum Gasteiger partial charge on any atom is 0.251 e. The molecule has 0 amide bonds. The Morgan fingerprint density at radius 1 is 0.564 bits per heavy atom. The summed E-state index contributed by atoms with van der Waals surface area (Å²) in [5.74, 6) is -2.73. The molecule has 0 spiro atoms. The quantitative estimate of drug-likeness (QED) is 0.157. The molecule has 298 valence electrons. The van der Waals surface area contributed by atoms with Crippen molar-refractivity contribution >= 4 is 56.8 Å². The van der Waals surface area contributed by atoms with Gasteiger partial charge < -0.3 is 19.6 Å². The summed E-state index contributed by atoms with van der Waals surface area (Å²) in [6.07, 6.45) is 5.30. The van der Waals surface area contributed by atoms with E-state index in [1.54, 1.807) is 17.6 Å². The van der Waals surface area contributed by atoms with Gasteiger partial charge in [-0.05, 0) is 67.5 Å². The summed E-state index contributed by atoms with van der Waals surface area (Å²) in [5, 5.41) is 2.71. The highest BCUT2D eigenvalue weighted by Crippen LogP contribution is 2.31. The first-order chi connectivity index (χ1) is 26.7. The number of nitrogens with zero attached hydrogens (tertiary/aromatic N) is 10. The monoisotopic (exact) mass is 820 g/mol. The third-order valence-electron chi connectivity index (χ3n) is 10.8. The Kier molecular flexibility index (Phi) is 13.6. The van der Waals surface area contributed by atoms with Crippen LogP contribution < -0.4 is 19.6 Å². The van der Waals surface area contributed by atoms with Crippen molar-refractivity contribution < 1.29 is 17.6 Å². The van der Waals surface area contributed by atoms with Crippen molar-refractivity contribution in [1.82, 2.24) is 28.5 Å². The lowest BCUT2D eigenvalue weighted by atomic mass is 10.1. The van der Waals surface area contributed by atoms with E-state index in [0.717, 1.165) is 112 Å². The largest absolute Gasteiger partial charge is 0.344 e. The van der Waals surface area contributed by atoms with Crippen LogP contribution in [-0.2, 0) is 12.8 Å². The Morgan fingerprint density at radius 2 is 1.05 bits per heavy atom. The fourth-order valence-electron chi connectivity index (χ4n) is 7.30. The van der Waals surface area contributed by atoms with Gasteiger partial charge in [-0.15, -0.1) is 0 Å². The summed E-state index contributed by atoms with van der Waals surface area (Å²) in [5.41, 5.74) is 2.14. The Labute approximate surface area is 334 Å². The number of benzene rings is 2. The van der Waals surface area contributed by atoms with E-state index in [2.05, 4.69) is 50.4 Å². The van der Waals surface area contributed by atoms with Gasteiger partial charge in [-0.2, -0.15) is 18.7 Å². The number of piperazine rings is 2. The molecule has 2 aromatic heterocycles. The van der Waals surface area contributed by atoms with Crippen LogP contribution >= 0.6 is 34.7 Å². The van der Waals surface area contributed by atoms with Gasteiger partial charge in [0.15, 0.2) is 11.6 Å². The minimum absolute atomic E-state index is 0.155. The number of piperidine rings is 2. The molecule has 8 rings (SSSR count). The van der Waals surface area contributed by atoms with Gasteiger partial charge in [-0.1, -0.05) is 29.8 Å². The number of halogens is 5. The van der Waals surface area contributed by atoms with Crippen LogP contribution in [0.1, 0.15) is 43.2 Å². The molecule has 4 saturated heterocycles. The lowest BCUT2D eigenvalue weighted by molar-refractivity contribution is -0.0222. The van der Waals surface area contributed by atoms with Gasteiger partial charge in [0.05, 0.1) is 0 Å². The zero-order chi connectivity index (χ0) is 38.2. The van der Waals surface area contributed by atoms with Gasteiger partial charge >= 0.3 is 0 Å². The van der Waals surface area contributed by atoms with Crippen molar-refractivity contribution in [1.29, 1.82) is 0 Å². The van der Waals surface area contributed by atoms with E-state index in [4.69, 9.17) is 16.6 Å². The van der Waals surface area contributed by atoms with E-state index in [0.29, 0.717) is 12.4 Å². The Hall–Kier alpha value is -3.31. The second-order valence-corrected chi connectivity index (χ2v) is 16.6. The molecule has 55 heavy (non-hydrogen) atoms. The van der Waals surface area contributed by atoms with Crippen molar-refractivity contribution in [3.8, 4) is 0 Å². The maximum absolute atomic E-state index is 13.3. The molecule has 0 aliphatic carbocycles. The van der Waals surface area contributed by atoms with Crippen LogP contribution in [0.2, 0.25) is 5.02 Å². The highest BCUT2D eigenvalue weighted by molar-refractivity contribution is 7.10. The fourth-order valence-corrected chi connectivity index (χ4v) is 8.91. The summed E-state index contributed by atoms with van der Waals surface area (Å²) in [6, 6.07) is 12.2. The van der Waals surface area contributed by atoms with Crippen LogP contribution in [0, 0.1) is 11.6 Å². The SMILES string of the molecule is Clc1ccc(CCN2CCN(c3nc(N4CCCCC4)ns3)CC2)cc1.Fc1ccc(CCN2CCN(c3nc(N4CCC(F)(F)CC4)ns3)CC2)cc1F. The van der Waals surface area contributed by atoms with E-state index >= 15 is 0 Å². The van der Waals surface area contributed by atoms with Gasteiger partial charge in [-0.3, -0.25) is 9.80 Å². The molecule has 10 nitrogen and oxygen atoms in total. The lowest BCUT2D eigenvalue weighted by Gasteiger charge is -2.34. The first-order valence-corrected chi connectivity index (χ1v) is 21.3. The van der Waals surface area contributed by atoms with Crippen LogP contribution in [0.5, 0.6) is 0 Å². The van der Waals surface area contributed by atoms with E-state index in [1.165, 1.54) is 48.5 Å². The van der Waals surface area contributed by atoms with E-state index in [9.17, 15) is 17.6 Å². The van der Waals surface area contributed by atoms with Crippen molar-refractivity contribution in [2.45, 2.75) is 50.9 Å². The number of hydrogen-bond donors (Lipinski definition) is 0. The van der Waals surface area contributed by atoms with Gasteiger partial charge in [0, 0.05) is 133 Å². The molecule has 0 N–H and O–H groups in total. The number of rotatable bonds is 10. The van der Waals surface area contributed by atoms with E-state index in [-0.39, 0.29) is 25.9 Å². The van der Waals surface area contributed by atoms with Crippen LogP contribution in [0.15, 0.2) is 42.5 Å². The molecule has 0 unspecified atom stereocenters. The third-order valence-corrected chi connectivity index (χ3v) is 12.6. The predicted molar refractivity (Wildman–Crippen MR) is 215 cm³/mol. The zero-order valence-electron chi connectivity index (χ0n) is 31.1. The second kappa shape index (κ2) is 18.8.